The molecule has 1 aromatic heterocycles. The zero-order valence-electron chi connectivity index (χ0n) is 18.4. The van der Waals surface area contributed by atoms with Gasteiger partial charge in [0.25, 0.3) is 5.56 Å². The maximum Gasteiger partial charge on any atom is 0.250 e. The van der Waals surface area contributed by atoms with Crippen LogP contribution < -0.4 is 20.9 Å². The molecule has 7 heteroatoms. The molecule has 2 aromatic carbocycles. The first-order valence-electron chi connectivity index (χ1n) is 10.7. The number of aromatic nitrogens is 1. The van der Waals surface area contributed by atoms with Crippen LogP contribution in [0.15, 0.2) is 82.7 Å². The molecular weight excluding hydrogens is 407 g/mol. The molecule has 1 unspecified atom stereocenters. The van der Waals surface area contributed by atoms with Crippen LogP contribution >= 0.6 is 0 Å². The number of pyridine rings is 1. The molecule has 6 nitrogen and oxygen atoms in total. The van der Waals surface area contributed by atoms with Gasteiger partial charge in [-0.15, -0.1) is 0 Å². The summed E-state index contributed by atoms with van der Waals surface area (Å²) in [4.78, 5) is 16.5. The van der Waals surface area contributed by atoms with Crippen molar-refractivity contribution in [1.29, 1.82) is 0 Å². The third-order valence-electron chi connectivity index (χ3n) is 4.75. The molecule has 0 aliphatic rings. The van der Waals surface area contributed by atoms with Gasteiger partial charge in [0.2, 0.25) is 0 Å². The van der Waals surface area contributed by atoms with Gasteiger partial charge < -0.3 is 19.9 Å². The van der Waals surface area contributed by atoms with Crippen LogP contribution in [0, 0.1) is 5.82 Å². The van der Waals surface area contributed by atoms with Gasteiger partial charge >= 0.3 is 0 Å². The van der Waals surface area contributed by atoms with Crippen LogP contribution in [0.1, 0.15) is 25.0 Å². The SMILES string of the molecule is CCNC(=NCc1ccc(Cn2ccccc2=O)cc1)NCC(C)Oc1ccc(F)cc1. The number of guanidine groups is 1. The number of hydrogen-bond acceptors (Lipinski definition) is 3. The summed E-state index contributed by atoms with van der Waals surface area (Å²) in [7, 11) is 0. The van der Waals surface area contributed by atoms with Crippen LogP contribution in [0.5, 0.6) is 5.75 Å². The molecule has 0 saturated heterocycles. The second kappa shape index (κ2) is 11.7. The first-order valence-corrected chi connectivity index (χ1v) is 10.7. The van der Waals surface area contributed by atoms with Crippen molar-refractivity contribution in [2.45, 2.75) is 33.0 Å². The zero-order valence-corrected chi connectivity index (χ0v) is 18.4. The van der Waals surface area contributed by atoms with Crippen molar-refractivity contribution in [2.24, 2.45) is 4.99 Å². The van der Waals surface area contributed by atoms with E-state index in [1.54, 1.807) is 35.0 Å². The monoisotopic (exact) mass is 436 g/mol. The Hall–Kier alpha value is -3.61. The number of aliphatic imine (C=N–C) groups is 1. The summed E-state index contributed by atoms with van der Waals surface area (Å²) >= 11 is 0. The van der Waals surface area contributed by atoms with E-state index >= 15 is 0 Å². The minimum atomic E-state index is -0.285. The van der Waals surface area contributed by atoms with Gasteiger partial charge in [-0.3, -0.25) is 4.79 Å². The van der Waals surface area contributed by atoms with E-state index in [-0.39, 0.29) is 17.5 Å². The van der Waals surface area contributed by atoms with Crippen molar-refractivity contribution in [3.05, 3.63) is 100 Å². The second-order valence-corrected chi connectivity index (χ2v) is 7.44. The highest BCUT2D eigenvalue weighted by atomic mass is 19.1. The van der Waals surface area contributed by atoms with Gasteiger partial charge in [0.1, 0.15) is 17.7 Å². The van der Waals surface area contributed by atoms with Crippen molar-refractivity contribution in [2.75, 3.05) is 13.1 Å². The number of halogens is 1. The van der Waals surface area contributed by atoms with Crippen molar-refractivity contribution in [3.8, 4) is 5.75 Å². The quantitative estimate of drug-likeness (QED) is 0.398. The predicted molar refractivity (Wildman–Crippen MR) is 126 cm³/mol. The molecule has 0 aliphatic heterocycles. The topological polar surface area (TPSA) is 67.7 Å². The second-order valence-electron chi connectivity index (χ2n) is 7.44. The lowest BCUT2D eigenvalue weighted by molar-refractivity contribution is 0.223. The third-order valence-corrected chi connectivity index (χ3v) is 4.75. The number of hydrogen-bond donors (Lipinski definition) is 2. The maximum absolute atomic E-state index is 13.0. The predicted octanol–water partition coefficient (Wildman–Crippen LogP) is 3.56. The third kappa shape index (κ3) is 7.27. The first kappa shape index (κ1) is 23.1. The largest absolute Gasteiger partial charge is 0.489 e. The van der Waals surface area contributed by atoms with E-state index in [4.69, 9.17) is 4.74 Å². The molecule has 0 fully saturated rings. The molecule has 3 rings (SSSR count). The van der Waals surface area contributed by atoms with Gasteiger partial charge in [0, 0.05) is 18.8 Å². The maximum atomic E-state index is 13.0. The summed E-state index contributed by atoms with van der Waals surface area (Å²) in [6.45, 7) is 6.30. The molecular formula is C25H29FN4O2. The van der Waals surface area contributed by atoms with E-state index in [0.717, 1.165) is 17.7 Å². The van der Waals surface area contributed by atoms with Crippen LogP contribution in [0.4, 0.5) is 4.39 Å². The molecule has 2 N–H and O–H groups in total. The number of rotatable bonds is 9. The number of ether oxygens (including phenoxy) is 1. The summed E-state index contributed by atoms with van der Waals surface area (Å²) < 4.78 is 20.5. The summed E-state index contributed by atoms with van der Waals surface area (Å²) in [5.41, 5.74) is 2.12. The fraction of sp³-hybridized carbons (Fsp3) is 0.280. The Bertz CT molecular complexity index is 1060. The lowest BCUT2D eigenvalue weighted by Gasteiger charge is -2.17. The fourth-order valence-electron chi connectivity index (χ4n) is 3.08. The minimum Gasteiger partial charge on any atom is -0.489 e. The molecule has 0 saturated carbocycles. The lowest BCUT2D eigenvalue weighted by Crippen LogP contribution is -2.41. The highest BCUT2D eigenvalue weighted by Crippen LogP contribution is 2.12. The summed E-state index contributed by atoms with van der Waals surface area (Å²) in [6.07, 6.45) is 1.67. The molecule has 0 spiro atoms. The van der Waals surface area contributed by atoms with Gasteiger partial charge in [0.15, 0.2) is 5.96 Å². The summed E-state index contributed by atoms with van der Waals surface area (Å²) in [6, 6.07) is 19.2. The molecule has 0 amide bonds. The Balaban J connectivity index is 1.53. The van der Waals surface area contributed by atoms with E-state index < -0.39 is 0 Å². The highest BCUT2D eigenvalue weighted by molar-refractivity contribution is 5.79. The van der Waals surface area contributed by atoms with Crippen molar-refractivity contribution in [3.63, 3.8) is 0 Å². The number of benzene rings is 2. The normalized spacial score (nSPS) is 12.3. The van der Waals surface area contributed by atoms with Crippen molar-refractivity contribution >= 4 is 5.96 Å². The average molecular weight is 437 g/mol. The van der Waals surface area contributed by atoms with Gasteiger partial charge in [-0.2, -0.15) is 0 Å². The molecule has 0 bridgehead atoms. The number of nitrogens with zero attached hydrogens (tertiary/aromatic N) is 2. The van der Waals surface area contributed by atoms with Gasteiger partial charge in [0.05, 0.1) is 19.6 Å². The summed E-state index contributed by atoms with van der Waals surface area (Å²) in [5.74, 6) is 1.04. The van der Waals surface area contributed by atoms with Crippen molar-refractivity contribution < 1.29 is 9.13 Å². The lowest BCUT2D eigenvalue weighted by atomic mass is 10.1. The molecule has 0 aliphatic carbocycles. The molecule has 32 heavy (non-hydrogen) atoms. The Labute approximate surface area is 187 Å². The van der Waals surface area contributed by atoms with E-state index in [1.165, 1.54) is 12.1 Å². The minimum absolute atomic E-state index is 0.0137. The van der Waals surface area contributed by atoms with E-state index in [1.807, 2.05) is 44.2 Å². The van der Waals surface area contributed by atoms with Gasteiger partial charge in [-0.05, 0) is 55.3 Å². The van der Waals surface area contributed by atoms with Crippen LogP contribution in [0.25, 0.3) is 0 Å². The van der Waals surface area contributed by atoms with Crippen LogP contribution in [-0.4, -0.2) is 29.7 Å². The van der Waals surface area contributed by atoms with Gasteiger partial charge in [-0.25, -0.2) is 9.38 Å². The van der Waals surface area contributed by atoms with E-state index in [9.17, 15) is 9.18 Å². The van der Waals surface area contributed by atoms with E-state index in [0.29, 0.717) is 31.3 Å². The molecule has 1 atom stereocenters. The number of nitrogens with one attached hydrogen (secondary N) is 2. The molecule has 168 valence electrons. The smallest absolute Gasteiger partial charge is 0.250 e. The van der Waals surface area contributed by atoms with Gasteiger partial charge in [-0.1, -0.05) is 30.3 Å². The first-order chi connectivity index (χ1) is 15.5. The zero-order chi connectivity index (χ0) is 22.8. The van der Waals surface area contributed by atoms with Crippen molar-refractivity contribution in [1.82, 2.24) is 15.2 Å². The Morgan fingerprint density at radius 1 is 1.03 bits per heavy atom. The summed E-state index contributed by atoms with van der Waals surface area (Å²) in [5, 5.41) is 6.50. The Kier molecular flexibility index (Phi) is 8.43. The Morgan fingerprint density at radius 2 is 1.75 bits per heavy atom. The fourth-order valence-corrected chi connectivity index (χ4v) is 3.08. The van der Waals surface area contributed by atoms with Crippen LogP contribution in [0.2, 0.25) is 0 Å². The Morgan fingerprint density at radius 3 is 2.44 bits per heavy atom. The molecule has 3 aromatic rings. The van der Waals surface area contributed by atoms with Crippen LogP contribution in [-0.2, 0) is 13.1 Å². The molecule has 1 heterocycles. The average Bonchev–Trinajstić information content (AvgIpc) is 2.80. The standard InChI is InChI=1S/C25H29FN4O2/c1-3-27-25(28-16-19(2)32-23-13-11-22(26)12-14-23)29-17-20-7-9-21(10-8-20)18-30-15-5-4-6-24(30)31/h4-15,19H,3,16-18H2,1-2H3,(H2,27,28,29). The highest BCUT2D eigenvalue weighted by Gasteiger charge is 2.06. The van der Waals surface area contributed by atoms with Crippen LogP contribution in [0.3, 0.4) is 0 Å². The van der Waals surface area contributed by atoms with E-state index in [2.05, 4.69) is 15.6 Å². The molecule has 0 radical (unpaired) electrons.